The second kappa shape index (κ2) is 5.51. The molecule has 2 rings (SSSR count). The fourth-order valence-corrected chi connectivity index (χ4v) is 1.78. The van der Waals surface area contributed by atoms with Crippen molar-refractivity contribution in [3.05, 3.63) is 23.8 Å². The smallest absolute Gasteiger partial charge is 0.286 e. The van der Waals surface area contributed by atoms with Gasteiger partial charge in [0, 0.05) is 13.6 Å². The van der Waals surface area contributed by atoms with Gasteiger partial charge in [-0.05, 0) is 24.1 Å². The summed E-state index contributed by atoms with van der Waals surface area (Å²) in [6.45, 7) is 0.466. The largest absolute Gasteiger partial charge is 0.482 e. The molecule has 0 saturated heterocycles. The van der Waals surface area contributed by atoms with Crippen molar-refractivity contribution in [2.45, 2.75) is 6.42 Å². The first-order chi connectivity index (χ1) is 9.10. The first kappa shape index (κ1) is 13.1. The van der Waals surface area contributed by atoms with E-state index in [0.29, 0.717) is 30.7 Å². The average Bonchev–Trinajstić information content (AvgIpc) is 2.43. The van der Waals surface area contributed by atoms with Crippen molar-refractivity contribution in [1.29, 1.82) is 0 Å². The van der Waals surface area contributed by atoms with Crippen LogP contribution in [0.4, 0.5) is 5.69 Å². The van der Waals surface area contributed by atoms with Crippen LogP contribution < -0.4 is 10.1 Å². The molecule has 6 heteroatoms. The van der Waals surface area contributed by atoms with Crippen LogP contribution >= 0.6 is 0 Å². The Morgan fingerprint density at radius 2 is 2.32 bits per heavy atom. The molecule has 6 nitrogen and oxygen atoms in total. The highest BCUT2D eigenvalue weighted by molar-refractivity contribution is 6.23. The van der Waals surface area contributed by atoms with Crippen LogP contribution in [0.2, 0.25) is 0 Å². The SMILES string of the molecule is CN(CCc1ccc2c(c1)NC(=O)CO2)C(=O)C=O. The normalized spacial score (nSPS) is 13.0. The van der Waals surface area contributed by atoms with Gasteiger partial charge in [-0.3, -0.25) is 14.4 Å². The number of ether oxygens (including phenoxy) is 1. The van der Waals surface area contributed by atoms with E-state index in [-0.39, 0.29) is 12.5 Å². The molecular formula is C13H14N2O4. The Bertz CT molecular complexity index is 527. The highest BCUT2D eigenvalue weighted by Crippen LogP contribution is 2.28. The third kappa shape index (κ3) is 3.09. The van der Waals surface area contributed by atoms with Gasteiger partial charge in [0.2, 0.25) is 6.29 Å². The maximum absolute atomic E-state index is 11.2. The van der Waals surface area contributed by atoms with Gasteiger partial charge in [0.15, 0.2) is 6.61 Å². The van der Waals surface area contributed by atoms with Crippen LogP contribution in [0.5, 0.6) is 5.75 Å². The molecule has 0 radical (unpaired) electrons. The van der Waals surface area contributed by atoms with E-state index in [0.717, 1.165) is 5.56 Å². The molecule has 100 valence electrons. The Kier molecular flexibility index (Phi) is 3.79. The summed E-state index contributed by atoms with van der Waals surface area (Å²) in [7, 11) is 1.57. The van der Waals surface area contributed by atoms with Gasteiger partial charge in [-0.25, -0.2) is 0 Å². The monoisotopic (exact) mass is 262 g/mol. The minimum absolute atomic E-state index is 0.0307. The predicted molar refractivity (Wildman–Crippen MR) is 68.0 cm³/mol. The number of rotatable bonds is 4. The molecule has 0 fully saturated rings. The molecule has 2 amide bonds. The minimum atomic E-state index is -0.547. The summed E-state index contributed by atoms with van der Waals surface area (Å²) in [6, 6.07) is 5.47. The Morgan fingerprint density at radius 1 is 1.53 bits per heavy atom. The lowest BCUT2D eigenvalue weighted by atomic mass is 10.1. The zero-order valence-corrected chi connectivity index (χ0v) is 10.5. The fourth-order valence-electron chi connectivity index (χ4n) is 1.78. The molecular weight excluding hydrogens is 248 g/mol. The number of hydrogen-bond acceptors (Lipinski definition) is 4. The van der Waals surface area contributed by atoms with Crippen molar-refractivity contribution in [2.24, 2.45) is 0 Å². The number of anilines is 1. The summed E-state index contributed by atoms with van der Waals surface area (Å²) in [5.74, 6) is -0.0897. The lowest BCUT2D eigenvalue weighted by Gasteiger charge is -2.19. The van der Waals surface area contributed by atoms with E-state index in [9.17, 15) is 14.4 Å². The van der Waals surface area contributed by atoms with E-state index < -0.39 is 5.91 Å². The maximum atomic E-state index is 11.2. The van der Waals surface area contributed by atoms with Crippen LogP contribution in [0.3, 0.4) is 0 Å². The third-order valence-corrected chi connectivity index (χ3v) is 2.89. The second-order valence-corrected chi connectivity index (χ2v) is 4.30. The molecule has 0 bridgehead atoms. The summed E-state index contributed by atoms with van der Waals surface area (Å²) in [4.78, 5) is 34.0. The van der Waals surface area contributed by atoms with Crippen molar-refractivity contribution in [3.8, 4) is 5.75 Å². The standard InChI is InChI=1S/C13H14N2O4/c1-15(13(18)7-16)5-4-9-2-3-11-10(6-9)14-12(17)8-19-11/h2-3,6-7H,4-5,8H2,1H3,(H,14,17). The second-order valence-electron chi connectivity index (χ2n) is 4.30. The summed E-state index contributed by atoms with van der Waals surface area (Å²) < 4.78 is 5.25. The molecule has 1 aromatic rings. The van der Waals surface area contributed by atoms with Gasteiger partial charge in [-0.2, -0.15) is 0 Å². The number of fused-ring (bicyclic) bond motifs is 1. The van der Waals surface area contributed by atoms with E-state index in [1.54, 1.807) is 13.1 Å². The molecule has 0 atom stereocenters. The number of hydrogen-bond donors (Lipinski definition) is 1. The number of carbonyl (C=O) groups is 3. The van der Waals surface area contributed by atoms with E-state index in [4.69, 9.17) is 4.74 Å². The summed E-state index contributed by atoms with van der Waals surface area (Å²) >= 11 is 0. The lowest BCUT2D eigenvalue weighted by Crippen LogP contribution is -2.29. The fraction of sp³-hybridized carbons (Fsp3) is 0.308. The Hall–Kier alpha value is -2.37. The van der Waals surface area contributed by atoms with E-state index in [1.807, 2.05) is 12.1 Å². The van der Waals surface area contributed by atoms with Gasteiger partial charge < -0.3 is 15.0 Å². The summed E-state index contributed by atoms with van der Waals surface area (Å²) in [5.41, 5.74) is 1.59. The molecule has 1 aromatic carbocycles. The zero-order chi connectivity index (χ0) is 13.8. The number of benzene rings is 1. The van der Waals surface area contributed by atoms with Gasteiger partial charge in [0.05, 0.1) is 5.69 Å². The van der Waals surface area contributed by atoms with Crippen molar-refractivity contribution >= 4 is 23.8 Å². The van der Waals surface area contributed by atoms with E-state index in [2.05, 4.69) is 5.32 Å². The molecule has 1 heterocycles. The Labute approximate surface area is 110 Å². The van der Waals surface area contributed by atoms with Gasteiger partial charge in [-0.1, -0.05) is 6.07 Å². The Balaban J connectivity index is 2.02. The molecule has 0 aliphatic carbocycles. The van der Waals surface area contributed by atoms with Gasteiger partial charge in [-0.15, -0.1) is 0 Å². The molecule has 1 aliphatic heterocycles. The van der Waals surface area contributed by atoms with Crippen LogP contribution in [-0.4, -0.2) is 43.2 Å². The molecule has 0 saturated carbocycles. The van der Waals surface area contributed by atoms with Crippen LogP contribution in [0, 0.1) is 0 Å². The van der Waals surface area contributed by atoms with Crippen molar-refractivity contribution in [2.75, 3.05) is 25.5 Å². The third-order valence-electron chi connectivity index (χ3n) is 2.89. The van der Waals surface area contributed by atoms with Gasteiger partial charge in [0.1, 0.15) is 5.75 Å². The molecule has 19 heavy (non-hydrogen) atoms. The van der Waals surface area contributed by atoms with Gasteiger partial charge >= 0.3 is 0 Å². The molecule has 0 unspecified atom stereocenters. The van der Waals surface area contributed by atoms with Gasteiger partial charge in [0.25, 0.3) is 11.8 Å². The first-order valence-electron chi connectivity index (χ1n) is 5.86. The first-order valence-corrected chi connectivity index (χ1v) is 5.86. The number of nitrogens with zero attached hydrogens (tertiary/aromatic N) is 1. The number of amides is 2. The summed E-state index contributed by atoms with van der Waals surface area (Å²) in [6.07, 6.45) is 0.889. The van der Waals surface area contributed by atoms with Crippen LogP contribution in [0.15, 0.2) is 18.2 Å². The molecule has 1 aliphatic rings. The highest BCUT2D eigenvalue weighted by atomic mass is 16.5. The van der Waals surface area contributed by atoms with Crippen molar-refractivity contribution in [3.63, 3.8) is 0 Å². The van der Waals surface area contributed by atoms with E-state index in [1.165, 1.54) is 4.90 Å². The Morgan fingerprint density at radius 3 is 3.05 bits per heavy atom. The van der Waals surface area contributed by atoms with Crippen LogP contribution in [0.25, 0.3) is 0 Å². The number of carbonyl (C=O) groups excluding carboxylic acids is 3. The number of aldehydes is 1. The van der Waals surface area contributed by atoms with Crippen LogP contribution in [-0.2, 0) is 20.8 Å². The predicted octanol–water partition coefficient (Wildman–Crippen LogP) is 0.217. The molecule has 1 N–H and O–H groups in total. The quantitative estimate of drug-likeness (QED) is 0.622. The van der Waals surface area contributed by atoms with Crippen molar-refractivity contribution in [1.82, 2.24) is 4.90 Å². The van der Waals surface area contributed by atoms with Crippen molar-refractivity contribution < 1.29 is 19.1 Å². The minimum Gasteiger partial charge on any atom is -0.482 e. The zero-order valence-electron chi connectivity index (χ0n) is 10.5. The summed E-state index contributed by atoms with van der Waals surface area (Å²) in [5, 5.41) is 2.72. The average molecular weight is 262 g/mol. The number of nitrogens with one attached hydrogen (secondary N) is 1. The van der Waals surface area contributed by atoms with Crippen LogP contribution in [0.1, 0.15) is 5.56 Å². The van der Waals surface area contributed by atoms with E-state index >= 15 is 0 Å². The molecule has 0 aromatic heterocycles. The topological polar surface area (TPSA) is 75.7 Å². The maximum Gasteiger partial charge on any atom is 0.286 e. The number of likely N-dealkylation sites (N-methyl/N-ethyl adjacent to an activating group) is 1. The highest BCUT2D eigenvalue weighted by Gasteiger charge is 2.16. The lowest BCUT2D eigenvalue weighted by molar-refractivity contribution is -0.137. The molecule has 0 spiro atoms.